The van der Waals surface area contributed by atoms with E-state index in [9.17, 15) is 14.4 Å². The zero-order valence-electron chi connectivity index (χ0n) is 13.3. The number of carbonyl (C=O) groups excluding carboxylic acids is 3. The summed E-state index contributed by atoms with van der Waals surface area (Å²) in [6.45, 7) is 2.26. The van der Waals surface area contributed by atoms with E-state index in [0.29, 0.717) is 29.2 Å². The second-order valence-corrected chi connectivity index (χ2v) is 6.37. The molecule has 0 aliphatic carbocycles. The number of carbonyl (C=O) groups is 3. The number of nitrogens with one attached hydrogen (secondary N) is 2. The zero-order valence-corrected chi connectivity index (χ0v) is 14.1. The number of amides is 2. The molecule has 2 aromatic rings. The summed E-state index contributed by atoms with van der Waals surface area (Å²) in [5.74, 6) is -1.01. The molecule has 0 bridgehead atoms. The standard InChI is InChI=1S/C16H17N3O4S/c1-9-3-6-17-12(9)13(20)18-11-4-7-19(14(11)21)15-10(5-8-24-15)16(22)23-2/h3,5-6,8,11,17H,4,7H2,1-2H3,(H,18,20). The number of esters is 1. The van der Waals surface area contributed by atoms with Crippen molar-refractivity contribution in [3.8, 4) is 0 Å². The highest BCUT2D eigenvalue weighted by Crippen LogP contribution is 2.31. The Morgan fingerprint density at radius 1 is 1.42 bits per heavy atom. The van der Waals surface area contributed by atoms with Gasteiger partial charge in [-0.3, -0.25) is 9.59 Å². The molecule has 0 radical (unpaired) electrons. The van der Waals surface area contributed by atoms with E-state index in [2.05, 4.69) is 10.3 Å². The third kappa shape index (κ3) is 2.80. The van der Waals surface area contributed by atoms with Crippen LogP contribution >= 0.6 is 11.3 Å². The van der Waals surface area contributed by atoms with Crippen LogP contribution in [0.25, 0.3) is 0 Å². The second kappa shape index (κ2) is 6.48. The van der Waals surface area contributed by atoms with Crippen LogP contribution in [0.15, 0.2) is 23.7 Å². The number of hydrogen-bond donors (Lipinski definition) is 2. The Balaban J connectivity index is 1.74. The van der Waals surface area contributed by atoms with E-state index >= 15 is 0 Å². The molecule has 1 aliphatic rings. The van der Waals surface area contributed by atoms with E-state index in [4.69, 9.17) is 4.74 Å². The minimum Gasteiger partial charge on any atom is -0.465 e. The van der Waals surface area contributed by atoms with Gasteiger partial charge in [-0.25, -0.2) is 4.79 Å². The van der Waals surface area contributed by atoms with Gasteiger partial charge in [-0.1, -0.05) is 0 Å². The summed E-state index contributed by atoms with van der Waals surface area (Å²) in [4.78, 5) is 41.1. The van der Waals surface area contributed by atoms with Crippen molar-refractivity contribution in [1.29, 1.82) is 0 Å². The van der Waals surface area contributed by atoms with Gasteiger partial charge in [0.1, 0.15) is 16.7 Å². The van der Waals surface area contributed by atoms with E-state index in [-0.39, 0.29) is 11.8 Å². The maximum atomic E-state index is 12.6. The van der Waals surface area contributed by atoms with Crippen molar-refractivity contribution in [2.75, 3.05) is 18.6 Å². The minimum absolute atomic E-state index is 0.222. The van der Waals surface area contributed by atoms with Crippen molar-refractivity contribution in [2.45, 2.75) is 19.4 Å². The van der Waals surface area contributed by atoms with Crippen LogP contribution in [0.1, 0.15) is 32.8 Å². The first-order valence-corrected chi connectivity index (χ1v) is 8.33. The molecule has 0 aromatic carbocycles. The molecule has 7 nitrogen and oxygen atoms in total. The lowest BCUT2D eigenvalue weighted by Crippen LogP contribution is -2.42. The maximum Gasteiger partial charge on any atom is 0.340 e. The normalized spacial score (nSPS) is 17.2. The first-order valence-electron chi connectivity index (χ1n) is 7.45. The lowest BCUT2D eigenvalue weighted by atomic mass is 10.2. The number of anilines is 1. The number of nitrogens with zero attached hydrogens (tertiary/aromatic N) is 1. The first-order chi connectivity index (χ1) is 11.5. The fraction of sp³-hybridized carbons (Fsp3) is 0.312. The molecule has 1 aliphatic heterocycles. The SMILES string of the molecule is COC(=O)c1ccsc1N1CCC(NC(=O)c2[nH]ccc2C)C1=O. The number of methoxy groups -OCH3 is 1. The van der Waals surface area contributed by atoms with Crippen molar-refractivity contribution < 1.29 is 19.1 Å². The number of thiophene rings is 1. The van der Waals surface area contributed by atoms with E-state index in [1.54, 1.807) is 23.7 Å². The van der Waals surface area contributed by atoms with Gasteiger partial charge in [0.15, 0.2) is 0 Å². The van der Waals surface area contributed by atoms with Gasteiger partial charge < -0.3 is 19.9 Å². The summed E-state index contributed by atoms with van der Waals surface area (Å²) in [7, 11) is 1.30. The highest BCUT2D eigenvalue weighted by molar-refractivity contribution is 7.14. The molecular formula is C16H17N3O4S. The number of aromatic amines is 1. The lowest BCUT2D eigenvalue weighted by molar-refractivity contribution is -0.118. The Hall–Kier alpha value is -2.61. The molecule has 1 atom stereocenters. The first kappa shape index (κ1) is 16.3. The van der Waals surface area contributed by atoms with Crippen LogP contribution in [0.3, 0.4) is 0 Å². The molecule has 1 unspecified atom stereocenters. The quantitative estimate of drug-likeness (QED) is 0.824. The Labute approximate surface area is 142 Å². The average Bonchev–Trinajstić information content (AvgIpc) is 3.28. The predicted molar refractivity (Wildman–Crippen MR) is 89.4 cm³/mol. The number of aryl methyl sites for hydroxylation is 1. The molecule has 24 heavy (non-hydrogen) atoms. The van der Waals surface area contributed by atoms with Crippen LogP contribution in [0, 0.1) is 6.92 Å². The second-order valence-electron chi connectivity index (χ2n) is 5.47. The summed E-state index contributed by atoms with van der Waals surface area (Å²) < 4.78 is 4.74. The van der Waals surface area contributed by atoms with E-state index in [1.807, 2.05) is 6.92 Å². The fourth-order valence-electron chi connectivity index (χ4n) is 2.71. The van der Waals surface area contributed by atoms with Gasteiger partial charge in [0.25, 0.3) is 5.91 Å². The smallest absolute Gasteiger partial charge is 0.340 e. The molecule has 2 amide bonds. The molecule has 1 fully saturated rings. The maximum absolute atomic E-state index is 12.6. The van der Waals surface area contributed by atoms with Gasteiger partial charge in [-0.15, -0.1) is 11.3 Å². The van der Waals surface area contributed by atoms with Crippen molar-refractivity contribution in [1.82, 2.24) is 10.3 Å². The van der Waals surface area contributed by atoms with Gasteiger partial charge in [0.2, 0.25) is 5.91 Å². The molecule has 8 heteroatoms. The number of ether oxygens (including phenoxy) is 1. The molecular weight excluding hydrogens is 330 g/mol. The van der Waals surface area contributed by atoms with Gasteiger partial charge in [0.05, 0.1) is 12.7 Å². The van der Waals surface area contributed by atoms with Crippen LogP contribution < -0.4 is 10.2 Å². The van der Waals surface area contributed by atoms with Gasteiger partial charge >= 0.3 is 5.97 Å². The summed E-state index contributed by atoms with van der Waals surface area (Å²) in [6.07, 6.45) is 2.17. The summed E-state index contributed by atoms with van der Waals surface area (Å²) >= 11 is 1.30. The Kier molecular flexibility index (Phi) is 4.39. The summed E-state index contributed by atoms with van der Waals surface area (Å²) in [6, 6.07) is 2.83. The predicted octanol–water partition coefficient (Wildman–Crippen LogP) is 1.71. The van der Waals surface area contributed by atoms with Crippen molar-refractivity contribution in [3.63, 3.8) is 0 Å². The number of rotatable bonds is 4. The zero-order chi connectivity index (χ0) is 17.3. The molecule has 3 rings (SSSR count). The topological polar surface area (TPSA) is 91.5 Å². The van der Waals surface area contributed by atoms with Crippen LogP contribution in [0.2, 0.25) is 0 Å². The number of hydrogen-bond acceptors (Lipinski definition) is 5. The Morgan fingerprint density at radius 3 is 2.88 bits per heavy atom. The van der Waals surface area contributed by atoms with Crippen molar-refractivity contribution >= 4 is 34.1 Å². The monoisotopic (exact) mass is 347 g/mol. The Morgan fingerprint density at radius 2 is 2.21 bits per heavy atom. The highest BCUT2D eigenvalue weighted by atomic mass is 32.1. The third-order valence-corrected chi connectivity index (χ3v) is 4.92. The van der Waals surface area contributed by atoms with Crippen LogP contribution in [-0.4, -0.2) is 42.5 Å². The molecule has 0 saturated carbocycles. The third-order valence-electron chi connectivity index (χ3n) is 3.99. The fourth-order valence-corrected chi connectivity index (χ4v) is 3.63. The van der Waals surface area contributed by atoms with Crippen LogP contribution in [0.5, 0.6) is 0 Å². The Bertz CT molecular complexity index is 795. The van der Waals surface area contributed by atoms with E-state index < -0.39 is 12.0 Å². The lowest BCUT2D eigenvalue weighted by Gasteiger charge is -2.16. The minimum atomic E-state index is -0.604. The molecule has 126 valence electrons. The van der Waals surface area contributed by atoms with Crippen molar-refractivity contribution in [2.24, 2.45) is 0 Å². The summed E-state index contributed by atoms with van der Waals surface area (Å²) in [5, 5.41) is 5.05. The van der Waals surface area contributed by atoms with Gasteiger partial charge in [-0.05, 0) is 36.4 Å². The van der Waals surface area contributed by atoms with Gasteiger partial charge in [-0.2, -0.15) is 0 Å². The van der Waals surface area contributed by atoms with Crippen LogP contribution in [-0.2, 0) is 9.53 Å². The van der Waals surface area contributed by atoms with Gasteiger partial charge in [0, 0.05) is 12.7 Å². The highest BCUT2D eigenvalue weighted by Gasteiger charge is 2.36. The van der Waals surface area contributed by atoms with Crippen molar-refractivity contribution in [3.05, 3.63) is 40.5 Å². The molecule has 1 saturated heterocycles. The largest absolute Gasteiger partial charge is 0.465 e. The molecule has 2 N–H and O–H groups in total. The van der Waals surface area contributed by atoms with E-state index in [0.717, 1.165) is 5.56 Å². The molecule has 3 heterocycles. The van der Waals surface area contributed by atoms with Crippen LogP contribution in [0.4, 0.5) is 5.00 Å². The van der Waals surface area contributed by atoms with E-state index in [1.165, 1.54) is 23.3 Å². The number of aromatic nitrogens is 1. The number of H-pyrrole nitrogens is 1. The summed E-state index contributed by atoms with van der Waals surface area (Å²) in [5.41, 5.74) is 1.64. The average molecular weight is 347 g/mol. The molecule has 2 aromatic heterocycles. The molecule has 0 spiro atoms.